The van der Waals surface area contributed by atoms with Gasteiger partial charge in [0.05, 0.1) is 11.3 Å². The predicted molar refractivity (Wildman–Crippen MR) is 104 cm³/mol. The number of aromatic amines is 1. The lowest BCUT2D eigenvalue weighted by atomic mass is 10.1. The molecule has 4 aromatic rings. The molecule has 0 aliphatic heterocycles. The van der Waals surface area contributed by atoms with E-state index in [2.05, 4.69) is 10.1 Å². The standard InChI is InChI=1S/C17H10Cl3N3OS/c18-17(19,20)15-14(12-7-4-8-25-12)16-21-11(9-13(24)23(16)22-15)10-5-2-1-3-6-10/h1-9,21H. The minimum Gasteiger partial charge on any atom is -0.339 e. The number of hydrogen-bond acceptors (Lipinski definition) is 3. The van der Waals surface area contributed by atoms with Crippen LogP contribution in [0, 0.1) is 0 Å². The van der Waals surface area contributed by atoms with Crippen molar-refractivity contribution in [3.8, 4) is 21.7 Å². The maximum atomic E-state index is 12.6. The van der Waals surface area contributed by atoms with Crippen LogP contribution < -0.4 is 5.56 Å². The Kier molecular flexibility index (Phi) is 4.12. The van der Waals surface area contributed by atoms with Gasteiger partial charge < -0.3 is 4.98 Å². The van der Waals surface area contributed by atoms with Gasteiger partial charge in [-0.2, -0.15) is 9.61 Å². The van der Waals surface area contributed by atoms with Gasteiger partial charge in [-0.15, -0.1) is 11.3 Å². The number of nitrogens with one attached hydrogen (secondary N) is 1. The molecular formula is C17H10Cl3N3OS. The van der Waals surface area contributed by atoms with Crippen molar-refractivity contribution in [2.75, 3.05) is 0 Å². The minimum atomic E-state index is -1.75. The molecule has 0 saturated carbocycles. The summed E-state index contributed by atoms with van der Waals surface area (Å²) in [6, 6.07) is 14.8. The van der Waals surface area contributed by atoms with Gasteiger partial charge in [0.25, 0.3) is 5.56 Å². The molecule has 0 amide bonds. The molecule has 126 valence electrons. The van der Waals surface area contributed by atoms with Crippen LogP contribution >= 0.6 is 46.1 Å². The van der Waals surface area contributed by atoms with E-state index in [0.717, 1.165) is 10.4 Å². The molecule has 0 saturated heterocycles. The van der Waals surface area contributed by atoms with Crippen LogP contribution in [0.5, 0.6) is 0 Å². The van der Waals surface area contributed by atoms with E-state index in [-0.39, 0.29) is 11.3 Å². The molecule has 0 spiro atoms. The van der Waals surface area contributed by atoms with E-state index in [1.54, 1.807) is 0 Å². The first kappa shape index (κ1) is 16.7. The average Bonchev–Trinajstić information content (AvgIpc) is 3.22. The number of H-pyrrole nitrogens is 1. The number of benzene rings is 1. The van der Waals surface area contributed by atoms with Gasteiger partial charge in [0, 0.05) is 10.9 Å². The van der Waals surface area contributed by atoms with E-state index < -0.39 is 3.79 Å². The highest BCUT2D eigenvalue weighted by molar-refractivity contribution is 7.13. The zero-order valence-corrected chi connectivity index (χ0v) is 15.6. The van der Waals surface area contributed by atoms with Crippen molar-refractivity contribution >= 4 is 51.8 Å². The summed E-state index contributed by atoms with van der Waals surface area (Å²) < 4.78 is -0.517. The summed E-state index contributed by atoms with van der Waals surface area (Å²) in [5.41, 5.74) is 2.59. The number of halogens is 3. The van der Waals surface area contributed by atoms with Gasteiger partial charge in [-0.1, -0.05) is 71.2 Å². The number of fused-ring (bicyclic) bond motifs is 1. The zero-order chi connectivity index (χ0) is 17.6. The Morgan fingerprint density at radius 2 is 1.84 bits per heavy atom. The van der Waals surface area contributed by atoms with Crippen LogP contribution in [-0.4, -0.2) is 14.6 Å². The first-order valence-electron chi connectivity index (χ1n) is 7.28. The molecule has 0 radical (unpaired) electrons. The van der Waals surface area contributed by atoms with Crippen LogP contribution in [0.3, 0.4) is 0 Å². The summed E-state index contributed by atoms with van der Waals surface area (Å²) >= 11 is 19.8. The van der Waals surface area contributed by atoms with E-state index in [1.165, 1.54) is 21.9 Å². The molecule has 4 rings (SSSR count). The summed E-state index contributed by atoms with van der Waals surface area (Å²) in [5.74, 6) is 0. The van der Waals surface area contributed by atoms with Crippen LogP contribution in [0.15, 0.2) is 58.7 Å². The third kappa shape index (κ3) is 2.98. The second kappa shape index (κ2) is 6.18. The topological polar surface area (TPSA) is 50.2 Å². The van der Waals surface area contributed by atoms with Gasteiger partial charge in [-0.3, -0.25) is 4.79 Å². The number of rotatable bonds is 2. The van der Waals surface area contributed by atoms with Gasteiger partial charge in [-0.25, -0.2) is 0 Å². The molecule has 0 atom stereocenters. The highest BCUT2D eigenvalue weighted by Gasteiger charge is 2.33. The van der Waals surface area contributed by atoms with Gasteiger partial charge in [0.2, 0.25) is 3.79 Å². The molecule has 0 bridgehead atoms. The van der Waals surface area contributed by atoms with E-state index in [9.17, 15) is 4.79 Å². The molecular weight excluding hydrogens is 401 g/mol. The molecule has 0 aliphatic carbocycles. The molecule has 1 N–H and O–H groups in total. The Hall–Kier alpha value is -1.79. The van der Waals surface area contributed by atoms with Crippen LogP contribution in [0.25, 0.3) is 27.3 Å². The first-order chi connectivity index (χ1) is 11.9. The average molecular weight is 411 g/mol. The maximum absolute atomic E-state index is 12.6. The summed E-state index contributed by atoms with van der Waals surface area (Å²) in [5, 5.41) is 6.17. The lowest BCUT2D eigenvalue weighted by Gasteiger charge is -2.09. The fraction of sp³-hybridized carbons (Fsp3) is 0.0588. The quantitative estimate of drug-likeness (QED) is 0.459. The second-order valence-electron chi connectivity index (χ2n) is 5.35. The lowest BCUT2D eigenvalue weighted by molar-refractivity contribution is 0.865. The van der Waals surface area contributed by atoms with Crippen molar-refractivity contribution in [2.45, 2.75) is 3.79 Å². The van der Waals surface area contributed by atoms with Crippen molar-refractivity contribution in [2.24, 2.45) is 0 Å². The van der Waals surface area contributed by atoms with Crippen LogP contribution in [0.2, 0.25) is 0 Å². The highest BCUT2D eigenvalue weighted by Crippen LogP contribution is 2.44. The van der Waals surface area contributed by atoms with Gasteiger partial charge >= 0.3 is 0 Å². The van der Waals surface area contributed by atoms with Gasteiger partial charge in [0.15, 0.2) is 0 Å². The number of hydrogen-bond donors (Lipinski definition) is 1. The van der Waals surface area contributed by atoms with Crippen molar-refractivity contribution in [1.82, 2.24) is 14.6 Å². The van der Waals surface area contributed by atoms with Crippen molar-refractivity contribution in [3.05, 3.63) is 70.0 Å². The maximum Gasteiger partial charge on any atom is 0.274 e. The van der Waals surface area contributed by atoms with E-state index in [0.29, 0.717) is 16.9 Å². The summed E-state index contributed by atoms with van der Waals surface area (Å²) in [6.07, 6.45) is 0. The normalized spacial score (nSPS) is 12.0. The zero-order valence-electron chi connectivity index (χ0n) is 12.5. The molecule has 1 aromatic carbocycles. The Bertz CT molecular complexity index is 1100. The highest BCUT2D eigenvalue weighted by atomic mass is 35.6. The van der Waals surface area contributed by atoms with E-state index in [1.807, 2.05) is 47.8 Å². The molecule has 8 heteroatoms. The van der Waals surface area contributed by atoms with Gasteiger partial charge in [0.1, 0.15) is 11.3 Å². The van der Waals surface area contributed by atoms with Crippen molar-refractivity contribution in [3.63, 3.8) is 0 Å². The number of thiophene rings is 1. The summed E-state index contributed by atoms with van der Waals surface area (Å²) in [7, 11) is 0. The molecule has 3 aromatic heterocycles. The van der Waals surface area contributed by atoms with Crippen LogP contribution in [0.1, 0.15) is 5.69 Å². The third-order valence-corrected chi connectivity index (χ3v) is 5.16. The molecule has 3 heterocycles. The van der Waals surface area contributed by atoms with Gasteiger partial charge in [-0.05, 0) is 17.0 Å². The Morgan fingerprint density at radius 1 is 1.08 bits per heavy atom. The third-order valence-electron chi connectivity index (χ3n) is 3.74. The molecule has 0 aliphatic rings. The fourth-order valence-corrected chi connectivity index (χ4v) is 3.84. The smallest absolute Gasteiger partial charge is 0.274 e. The first-order valence-corrected chi connectivity index (χ1v) is 9.29. The predicted octanol–water partition coefficient (Wildman–Crippen LogP) is 5.24. The van der Waals surface area contributed by atoms with E-state index in [4.69, 9.17) is 34.8 Å². The molecule has 4 nitrogen and oxygen atoms in total. The second-order valence-corrected chi connectivity index (χ2v) is 8.58. The van der Waals surface area contributed by atoms with Crippen LogP contribution in [0.4, 0.5) is 0 Å². The number of aromatic nitrogens is 3. The molecule has 25 heavy (non-hydrogen) atoms. The number of nitrogens with zero attached hydrogens (tertiary/aromatic N) is 2. The minimum absolute atomic E-state index is 0.221. The number of alkyl halides is 3. The Balaban J connectivity index is 2.08. The summed E-state index contributed by atoms with van der Waals surface area (Å²) in [6.45, 7) is 0. The van der Waals surface area contributed by atoms with E-state index >= 15 is 0 Å². The van der Waals surface area contributed by atoms with Crippen molar-refractivity contribution in [1.29, 1.82) is 0 Å². The SMILES string of the molecule is O=c1cc(-c2ccccc2)[nH]c2c(-c3cccs3)c(C(Cl)(Cl)Cl)nn12. The largest absolute Gasteiger partial charge is 0.339 e. The monoisotopic (exact) mass is 409 g/mol. The fourth-order valence-electron chi connectivity index (χ4n) is 2.67. The molecule has 0 fully saturated rings. The van der Waals surface area contributed by atoms with Crippen LogP contribution in [-0.2, 0) is 3.79 Å². The van der Waals surface area contributed by atoms with Crippen molar-refractivity contribution < 1.29 is 0 Å². The molecule has 0 unspecified atom stereocenters. The Morgan fingerprint density at radius 3 is 2.48 bits per heavy atom. The summed E-state index contributed by atoms with van der Waals surface area (Å²) in [4.78, 5) is 16.7. The Labute approximate surface area is 161 Å². The lowest BCUT2D eigenvalue weighted by Crippen LogP contribution is -2.15.